The van der Waals surface area contributed by atoms with E-state index in [0.717, 1.165) is 66.8 Å². The van der Waals surface area contributed by atoms with Crippen molar-refractivity contribution in [3.05, 3.63) is 253 Å². The van der Waals surface area contributed by atoms with Gasteiger partial charge in [-0.05, 0) is 270 Å². The van der Waals surface area contributed by atoms with Gasteiger partial charge < -0.3 is 29.4 Å². The topological polar surface area (TPSA) is 204 Å². The molecule has 8 aromatic carbocycles. The second kappa shape index (κ2) is 37.2. The van der Waals surface area contributed by atoms with E-state index in [4.69, 9.17) is 92.8 Å². The standard InChI is InChI=1S/C80H92Cl8N10O8S4/c1-93-45-69(65-37-57(81)41-77(85)73(65)49-93)53-15-7-19-61(33-53)107(99,100)89-23-11-29-97(30-12-24-90-108(101,102)62-20-8-16-54(34-62)70-46-94(2)50-74-66(70)38-58(82)42-78(74)86)27-5-6-28-98(31-13-25-91-109(103,104)63-21-9-17-55(35-63)71-47-95(3)51-75-67(71)39-59(83)43-79(75)87)32-14-26-92-110(105,106)64-22-10-18-56(36-64)72-48-96(4)52-76-68(72)40-60(84)44-80(76)88/h7-10,15-22,33-44,69-72,89-92H,5-6,11-14,23-32,45-52H2,1-4H3. The highest BCUT2D eigenvalue weighted by atomic mass is 35.5. The van der Waals surface area contributed by atoms with Crippen molar-refractivity contribution in [3.63, 3.8) is 0 Å². The molecule has 0 aromatic heterocycles. The Morgan fingerprint density at radius 3 is 0.736 bits per heavy atom. The van der Waals surface area contributed by atoms with E-state index in [1.54, 1.807) is 97.1 Å². The van der Waals surface area contributed by atoms with Crippen LogP contribution in [-0.2, 0) is 66.3 Å². The molecule has 0 saturated heterocycles. The number of benzene rings is 8. The number of hydrogen-bond acceptors (Lipinski definition) is 14. The van der Waals surface area contributed by atoms with Gasteiger partial charge in [0.2, 0.25) is 40.1 Å². The predicted octanol–water partition coefficient (Wildman–Crippen LogP) is 15.4. The molecule has 0 fully saturated rings. The summed E-state index contributed by atoms with van der Waals surface area (Å²) in [5.74, 6) is -0.697. The van der Waals surface area contributed by atoms with Crippen molar-refractivity contribution < 1.29 is 33.7 Å². The largest absolute Gasteiger partial charge is 0.303 e. The molecule has 0 bridgehead atoms. The Balaban J connectivity index is 0.721. The molecular formula is C80H92Cl8N10O8S4. The van der Waals surface area contributed by atoms with Crippen molar-refractivity contribution in [1.29, 1.82) is 0 Å². The van der Waals surface area contributed by atoms with Gasteiger partial charge in [-0.2, -0.15) is 0 Å². The molecule has 0 amide bonds. The molecule has 4 N–H and O–H groups in total. The Morgan fingerprint density at radius 1 is 0.309 bits per heavy atom. The van der Waals surface area contributed by atoms with Crippen molar-refractivity contribution in [1.82, 2.24) is 48.3 Å². The summed E-state index contributed by atoms with van der Waals surface area (Å²) in [6.45, 7) is 8.65. The summed E-state index contributed by atoms with van der Waals surface area (Å²) >= 11 is 52.9. The smallest absolute Gasteiger partial charge is 0.240 e. The Labute approximate surface area is 689 Å². The van der Waals surface area contributed by atoms with Gasteiger partial charge in [0.05, 0.1) is 19.6 Å². The van der Waals surface area contributed by atoms with Gasteiger partial charge in [0.15, 0.2) is 0 Å². The maximum Gasteiger partial charge on any atom is 0.240 e. The molecule has 0 aliphatic carbocycles. The Kier molecular flexibility index (Phi) is 28.7. The summed E-state index contributed by atoms with van der Waals surface area (Å²) in [6.07, 6.45) is 3.10. The number of likely N-dealkylation sites (N-methyl/N-ethyl adjacent to an activating group) is 4. The molecule has 4 atom stereocenters. The van der Waals surface area contributed by atoms with Crippen LogP contribution in [-0.4, -0.2) is 183 Å². The first-order valence-electron chi connectivity index (χ1n) is 36.9. The van der Waals surface area contributed by atoms with Crippen molar-refractivity contribution in [2.75, 3.05) is 120 Å². The van der Waals surface area contributed by atoms with Gasteiger partial charge in [0.25, 0.3) is 0 Å². The van der Waals surface area contributed by atoms with Crippen molar-refractivity contribution in [2.24, 2.45) is 0 Å². The number of sulfonamides is 4. The van der Waals surface area contributed by atoms with Crippen LogP contribution in [0.5, 0.6) is 0 Å². The predicted molar refractivity (Wildman–Crippen MR) is 446 cm³/mol. The van der Waals surface area contributed by atoms with Crippen molar-refractivity contribution in [2.45, 2.75) is 108 Å². The molecule has 4 unspecified atom stereocenters. The highest BCUT2D eigenvalue weighted by molar-refractivity contribution is 7.90. The number of rotatable bonds is 33. The number of nitrogens with zero attached hydrogens (tertiary/aromatic N) is 6. The fourth-order valence-electron chi connectivity index (χ4n) is 15.8. The lowest BCUT2D eigenvalue weighted by molar-refractivity contribution is 0.236. The van der Waals surface area contributed by atoms with Crippen LogP contribution < -0.4 is 18.9 Å². The van der Waals surface area contributed by atoms with E-state index in [1.807, 2.05) is 76.7 Å². The lowest BCUT2D eigenvalue weighted by Crippen LogP contribution is -2.35. The third-order valence-corrected chi connectivity index (χ3v) is 29.3. The Morgan fingerprint density at radius 2 is 0.518 bits per heavy atom. The van der Waals surface area contributed by atoms with E-state index in [2.05, 4.69) is 48.3 Å². The van der Waals surface area contributed by atoms with Crippen LogP contribution in [0.2, 0.25) is 40.2 Å². The summed E-state index contributed by atoms with van der Waals surface area (Å²) in [6, 6.07) is 42.4. The SMILES string of the molecule is CN1Cc2c(Cl)cc(Cl)cc2C(c2cccc(S(=O)(=O)NCCCN(CCCCN(CCCNS(=O)(=O)c3cccc(C4CN(C)Cc5c(Cl)cc(Cl)cc54)c3)CCCNS(=O)(=O)c3cccc(C4CN(C)Cc5c(Cl)cc(Cl)cc54)c3)CCCNS(=O)(=O)c3cccc(C4CN(C)Cc5c(Cl)cc(Cl)cc54)c3)c2)C1. The monoisotopic (exact) mass is 1730 g/mol. The first-order chi connectivity index (χ1) is 52.4. The highest BCUT2D eigenvalue weighted by Gasteiger charge is 2.34. The maximum absolute atomic E-state index is 14.2. The average molecular weight is 1730 g/mol. The van der Waals surface area contributed by atoms with Gasteiger partial charge in [0.1, 0.15) is 0 Å². The number of nitrogens with one attached hydrogen (secondary N) is 4. The molecule has 0 spiro atoms. The molecule has 4 aliphatic rings. The van der Waals surface area contributed by atoms with Gasteiger partial charge >= 0.3 is 0 Å². The quantitative estimate of drug-likeness (QED) is 0.0283. The van der Waals surface area contributed by atoms with E-state index in [0.29, 0.717) is 170 Å². The van der Waals surface area contributed by atoms with Gasteiger partial charge in [-0.15, -0.1) is 0 Å². The minimum absolute atomic E-state index is 0.124. The zero-order valence-corrected chi connectivity index (χ0v) is 71.1. The molecular weight excluding hydrogens is 1640 g/mol. The van der Waals surface area contributed by atoms with Crippen LogP contribution >= 0.6 is 92.8 Å². The zero-order valence-electron chi connectivity index (χ0n) is 61.7. The molecule has 4 heterocycles. The lowest BCUT2D eigenvalue weighted by atomic mass is 9.85. The number of hydrogen-bond donors (Lipinski definition) is 4. The van der Waals surface area contributed by atoms with E-state index < -0.39 is 40.1 Å². The third kappa shape index (κ3) is 21.2. The lowest BCUT2D eigenvalue weighted by Gasteiger charge is -2.33. The first-order valence-corrected chi connectivity index (χ1v) is 45.8. The molecule has 8 aromatic rings. The summed E-state index contributed by atoms with van der Waals surface area (Å²) in [7, 11) is -7.91. The second-order valence-corrected chi connectivity index (χ2v) is 39.9. The summed E-state index contributed by atoms with van der Waals surface area (Å²) < 4.78 is 125. The van der Waals surface area contributed by atoms with Gasteiger partial charge in [-0.25, -0.2) is 52.6 Å². The molecule has 0 saturated carbocycles. The molecule has 110 heavy (non-hydrogen) atoms. The molecule has 4 aliphatic heterocycles. The van der Waals surface area contributed by atoms with E-state index >= 15 is 0 Å². The fourth-order valence-corrected chi connectivity index (χ4v) is 22.6. The maximum atomic E-state index is 14.2. The number of unbranched alkanes of at least 4 members (excludes halogenated alkanes) is 1. The van der Waals surface area contributed by atoms with Crippen molar-refractivity contribution >= 4 is 133 Å². The van der Waals surface area contributed by atoms with Crippen LogP contribution in [0.3, 0.4) is 0 Å². The van der Waals surface area contributed by atoms with E-state index in [-0.39, 0.29) is 69.4 Å². The molecule has 12 rings (SSSR count). The zero-order chi connectivity index (χ0) is 78.4. The normalized spacial score (nSPS) is 18.2. The summed E-state index contributed by atoms with van der Waals surface area (Å²) in [5.41, 5.74) is 10.9. The fraction of sp³-hybridized carbons (Fsp3) is 0.400. The second-order valence-electron chi connectivity index (χ2n) is 29.5. The third-order valence-electron chi connectivity index (χ3n) is 21.2. The van der Waals surface area contributed by atoms with Gasteiger partial charge in [-0.3, -0.25) is 0 Å². The number of halogens is 8. The van der Waals surface area contributed by atoms with Crippen LogP contribution in [0.4, 0.5) is 0 Å². The van der Waals surface area contributed by atoms with Crippen LogP contribution in [0.1, 0.15) is 129 Å². The Hall–Kier alpha value is -4.52. The minimum atomic E-state index is -3.98. The van der Waals surface area contributed by atoms with Gasteiger partial charge in [-0.1, -0.05) is 141 Å². The summed E-state index contributed by atoms with van der Waals surface area (Å²) in [4.78, 5) is 13.6. The van der Waals surface area contributed by atoms with Crippen LogP contribution in [0.15, 0.2) is 165 Å². The molecule has 590 valence electrons. The van der Waals surface area contributed by atoms with Crippen LogP contribution in [0.25, 0.3) is 0 Å². The molecule has 30 heteroatoms. The number of fused-ring (bicyclic) bond motifs is 4. The van der Waals surface area contributed by atoms with Crippen LogP contribution in [0, 0.1) is 0 Å². The average Bonchev–Trinajstić information content (AvgIpc) is 0.786. The van der Waals surface area contributed by atoms with Gasteiger partial charge in [0, 0.05) is 142 Å². The first kappa shape index (κ1) is 84.9. The highest BCUT2D eigenvalue weighted by Crippen LogP contribution is 2.44. The van der Waals surface area contributed by atoms with E-state index in [9.17, 15) is 33.7 Å². The molecule has 0 radical (unpaired) electrons. The van der Waals surface area contributed by atoms with E-state index in [1.165, 1.54) is 0 Å². The molecule has 18 nitrogen and oxygen atoms in total. The summed E-state index contributed by atoms with van der Waals surface area (Å²) in [5, 5.41) is 4.29. The minimum Gasteiger partial charge on any atom is -0.303 e. The Bertz CT molecular complexity index is 4530. The van der Waals surface area contributed by atoms with Crippen molar-refractivity contribution in [3.8, 4) is 0 Å².